The van der Waals surface area contributed by atoms with Crippen LogP contribution < -0.4 is 5.32 Å². The first kappa shape index (κ1) is 15.1. The fraction of sp³-hybridized carbons (Fsp3) is 0.462. The summed E-state index contributed by atoms with van der Waals surface area (Å²) in [4.78, 5) is 0. The number of hydrogen-bond donors (Lipinski definition) is 1. The number of tetrazole rings is 1. The van der Waals surface area contributed by atoms with E-state index in [1.165, 1.54) is 0 Å². The highest BCUT2D eigenvalue weighted by Crippen LogP contribution is 2.13. The van der Waals surface area contributed by atoms with E-state index in [2.05, 4.69) is 48.9 Å². The summed E-state index contributed by atoms with van der Waals surface area (Å²) < 4.78 is 7.90. The van der Waals surface area contributed by atoms with Crippen molar-refractivity contribution in [3.05, 3.63) is 40.1 Å². The summed E-state index contributed by atoms with van der Waals surface area (Å²) >= 11 is 3.43. The second kappa shape index (κ2) is 7.47. The molecule has 1 atom stereocenters. The second-order valence-electron chi connectivity index (χ2n) is 4.49. The standard InChI is InChI=1S/C13H18BrN5O/c1-10(15-7-8-20-2)13-16-17-18-19(13)9-11-3-5-12(14)6-4-11/h3-6,10,15H,7-9H2,1-2H3. The molecular weight excluding hydrogens is 322 g/mol. The predicted molar refractivity (Wildman–Crippen MR) is 79.4 cm³/mol. The SMILES string of the molecule is COCCNC(C)c1nnnn1Cc1ccc(Br)cc1. The van der Waals surface area contributed by atoms with Gasteiger partial charge in [0.2, 0.25) is 0 Å². The van der Waals surface area contributed by atoms with Crippen LogP contribution in [0.4, 0.5) is 0 Å². The summed E-state index contributed by atoms with van der Waals surface area (Å²) in [6.07, 6.45) is 0. The van der Waals surface area contributed by atoms with Crippen LogP contribution in [0.5, 0.6) is 0 Å². The normalized spacial score (nSPS) is 12.6. The van der Waals surface area contributed by atoms with E-state index in [4.69, 9.17) is 4.74 Å². The van der Waals surface area contributed by atoms with E-state index in [0.29, 0.717) is 13.2 Å². The third-order valence-corrected chi connectivity index (χ3v) is 3.48. The van der Waals surface area contributed by atoms with Crippen LogP contribution in [0.3, 0.4) is 0 Å². The van der Waals surface area contributed by atoms with Gasteiger partial charge in [-0.1, -0.05) is 28.1 Å². The molecule has 0 radical (unpaired) electrons. The molecule has 1 heterocycles. The minimum atomic E-state index is 0.0793. The van der Waals surface area contributed by atoms with Gasteiger partial charge in [-0.15, -0.1) is 5.10 Å². The summed E-state index contributed by atoms with van der Waals surface area (Å²) in [6.45, 7) is 4.13. The van der Waals surface area contributed by atoms with Gasteiger partial charge in [-0.05, 0) is 35.0 Å². The van der Waals surface area contributed by atoms with Gasteiger partial charge in [-0.25, -0.2) is 4.68 Å². The van der Waals surface area contributed by atoms with Gasteiger partial charge in [0.1, 0.15) is 0 Å². The summed E-state index contributed by atoms with van der Waals surface area (Å²) in [5.74, 6) is 0.823. The maximum Gasteiger partial charge on any atom is 0.168 e. The molecule has 1 unspecified atom stereocenters. The van der Waals surface area contributed by atoms with Crippen LogP contribution in [0, 0.1) is 0 Å². The van der Waals surface area contributed by atoms with Crippen LogP contribution >= 0.6 is 15.9 Å². The van der Waals surface area contributed by atoms with E-state index < -0.39 is 0 Å². The van der Waals surface area contributed by atoms with Crippen molar-refractivity contribution in [3.8, 4) is 0 Å². The van der Waals surface area contributed by atoms with Gasteiger partial charge in [-0.3, -0.25) is 0 Å². The monoisotopic (exact) mass is 339 g/mol. The number of hydrogen-bond acceptors (Lipinski definition) is 5. The molecule has 6 nitrogen and oxygen atoms in total. The number of rotatable bonds is 7. The number of aromatic nitrogens is 4. The second-order valence-corrected chi connectivity index (χ2v) is 5.41. The molecule has 0 aliphatic carbocycles. The lowest BCUT2D eigenvalue weighted by atomic mass is 10.2. The molecule has 0 spiro atoms. The zero-order valence-electron chi connectivity index (χ0n) is 11.6. The van der Waals surface area contributed by atoms with Crippen molar-refractivity contribution in [2.24, 2.45) is 0 Å². The van der Waals surface area contributed by atoms with E-state index >= 15 is 0 Å². The van der Waals surface area contributed by atoms with Crippen LogP contribution in [0.25, 0.3) is 0 Å². The fourth-order valence-corrected chi connectivity index (χ4v) is 2.13. The lowest BCUT2D eigenvalue weighted by molar-refractivity contribution is 0.196. The first-order chi connectivity index (χ1) is 9.70. The highest BCUT2D eigenvalue weighted by Gasteiger charge is 2.13. The summed E-state index contributed by atoms with van der Waals surface area (Å²) in [7, 11) is 1.68. The van der Waals surface area contributed by atoms with Gasteiger partial charge in [0, 0.05) is 18.1 Å². The maximum absolute atomic E-state index is 5.02. The van der Waals surface area contributed by atoms with Crippen molar-refractivity contribution in [3.63, 3.8) is 0 Å². The lowest BCUT2D eigenvalue weighted by Crippen LogP contribution is -2.26. The van der Waals surface area contributed by atoms with Gasteiger partial charge in [0.05, 0.1) is 19.2 Å². The van der Waals surface area contributed by atoms with Crippen molar-refractivity contribution in [2.45, 2.75) is 19.5 Å². The van der Waals surface area contributed by atoms with Crippen molar-refractivity contribution in [1.82, 2.24) is 25.5 Å². The number of nitrogens with one attached hydrogen (secondary N) is 1. The van der Waals surface area contributed by atoms with Crippen LogP contribution in [-0.4, -0.2) is 40.5 Å². The highest BCUT2D eigenvalue weighted by atomic mass is 79.9. The first-order valence-corrected chi connectivity index (χ1v) is 7.23. The Balaban J connectivity index is 2.02. The molecule has 2 aromatic rings. The molecule has 0 fully saturated rings. The fourth-order valence-electron chi connectivity index (χ4n) is 1.87. The summed E-state index contributed by atoms with van der Waals surface area (Å²) in [6, 6.07) is 8.21. The van der Waals surface area contributed by atoms with Gasteiger partial charge in [-0.2, -0.15) is 0 Å². The third kappa shape index (κ3) is 4.09. The quantitative estimate of drug-likeness (QED) is 0.779. The minimum Gasteiger partial charge on any atom is -0.383 e. The zero-order valence-corrected chi connectivity index (χ0v) is 13.2. The average Bonchev–Trinajstić information content (AvgIpc) is 2.90. The third-order valence-electron chi connectivity index (χ3n) is 2.95. The highest BCUT2D eigenvalue weighted by molar-refractivity contribution is 9.10. The van der Waals surface area contributed by atoms with Crippen molar-refractivity contribution >= 4 is 15.9 Å². The average molecular weight is 340 g/mol. The van der Waals surface area contributed by atoms with E-state index in [1.807, 2.05) is 23.7 Å². The number of halogens is 1. The van der Waals surface area contributed by atoms with Crippen molar-refractivity contribution in [1.29, 1.82) is 0 Å². The topological polar surface area (TPSA) is 64.9 Å². The van der Waals surface area contributed by atoms with Crippen LogP contribution in [0.2, 0.25) is 0 Å². The maximum atomic E-state index is 5.02. The molecule has 20 heavy (non-hydrogen) atoms. The Labute approximate surface area is 126 Å². The Morgan fingerprint density at radius 3 is 2.80 bits per heavy atom. The Morgan fingerprint density at radius 1 is 1.35 bits per heavy atom. The molecule has 0 saturated carbocycles. The predicted octanol–water partition coefficient (Wildman–Crippen LogP) is 1.78. The van der Waals surface area contributed by atoms with Crippen LogP contribution in [-0.2, 0) is 11.3 Å². The molecule has 0 aliphatic rings. The van der Waals surface area contributed by atoms with Gasteiger partial charge >= 0.3 is 0 Å². The van der Waals surface area contributed by atoms with Gasteiger partial charge in [0.25, 0.3) is 0 Å². The number of benzene rings is 1. The molecule has 0 aliphatic heterocycles. The molecule has 1 aromatic heterocycles. The van der Waals surface area contributed by atoms with Crippen molar-refractivity contribution < 1.29 is 4.74 Å². The Kier molecular flexibility index (Phi) is 5.63. The van der Waals surface area contributed by atoms with E-state index in [1.54, 1.807) is 7.11 Å². The molecule has 1 aromatic carbocycles. The molecule has 0 saturated heterocycles. The Morgan fingerprint density at radius 2 is 2.10 bits per heavy atom. The molecule has 2 rings (SSSR count). The summed E-state index contributed by atoms with van der Waals surface area (Å²) in [5.41, 5.74) is 1.16. The van der Waals surface area contributed by atoms with E-state index in [0.717, 1.165) is 22.4 Å². The molecule has 1 N–H and O–H groups in total. The van der Waals surface area contributed by atoms with Gasteiger partial charge in [0.15, 0.2) is 5.82 Å². The zero-order chi connectivity index (χ0) is 14.4. The summed E-state index contributed by atoms with van der Waals surface area (Å²) in [5, 5.41) is 15.2. The Hall–Kier alpha value is -1.31. The van der Waals surface area contributed by atoms with E-state index in [-0.39, 0.29) is 6.04 Å². The smallest absolute Gasteiger partial charge is 0.168 e. The number of nitrogens with zero attached hydrogens (tertiary/aromatic N) is 4. The number of ether oxygens (including phenoxy) is 1. The van der Waals surface area contributed by atoms with Crippen LogP contribution in [0.15, 0.2) is 28.7 Å². The van der Waals surface area contributed by atoms with Crippen LogP contribution in [0.1, 0.15) is 24.4 Å². The largest absolute Gasteiger partial charge is 0.383 e. The first-order valence-electron chi connectivity index (χ1n) is 6.43. The number of methoxy groups -OCH3 is 1. The molecule has 108 valence electrons. The Bertz CT molecular complexity index is 528. The lowest BCUT2D eigenvalue weighted by Gasteiger charge is -2.13. The minimum absolute atomic E-state index is 0.0793. The van der Waals surface area contributed by atoms with Gasteiger partial charge < -0.3 is 10.1 Å². The van der Waals surface area contributed by atoms with E-state index in [9.17, 15) is 0 Å². The molecule has 7 heteroatoms. The molecule has 0 bridgehead atoms. The van der Waals surface area contributed by atoms with Crippen molar-refractivity contribution in [2.75, 3.05) is 20.3 Å². The molecular formula is C13H18BrN5O. The molecule has 0 amide bonds.